The Bertz CT molecular complexity index is 234. The van der Waals surface area contributed by atoms with Crippen LogP contribution in [0.1, 0.15) is 5.82 Å². The molecule has 0 bridgehead atoms. The van der Waals surface area contributed by atoms with Crippen molar-refractivity contribution in [3.05, 3.63) is 18.1 Å². The van der Waals surface area contributed by atoms with Gasteiger partial charge in [-0.2, -0.15) is 0 Å². The Morgan fingerprint density at radius 2 is 2.27 bits per heavy atom. The van der Waals surface area contributed by atoms with Crippen LogP contribution in [0, 0.1) is 0 Å². The number of hydrogen-bond acceptors (Lipinski definition) is 4. The van der Waals surface area contributed by atoms with Crippen LogP contribution in [0.15, 0.2) is 12.3 Å². The highest BCUT2D eigenvalue weighted by Crippen LogP contribution is 1.97. The van der Waals surface area contributed by atoms with Crippen molar-refractivity contribution < 1.29 is 0 Å². The third-order valence-corrected chi connectivity index (χ3v) is 1.18. The van der Waals surface area contributed by atoms with E-state index in [-0.39, 0.29) is 0 Å². The van der Waals surface area contributed by atoms with Crippen LogP contribution in [0.3, 0.4) is 0 Å². The molecule has 4 heteroatoms. The minimum atomic E-state index is 0.525. The topological polar surface area (TPSA) is 55.0 Å². The summed E-state index contributed by atoms with van der Waals surface area (Å²) in [4.78, 5) is 10.1. The van der Waals surface area contributed by atoms with E-state index in [1.54, 1.807) is 12.3 Å². The molecule has 0 amide bonds. The van der Waals surface area contributed by atoms with E-state index < -0.39 is 0 Å². The van der Waals surface area contributed by atoms with Gasteiger partial charge in [-0.25, -0.2) is 9.97 Å². The van der Waals surface area contributed by atoms with Crippen LogP contribution in [0.5, 0.6) is 0 Å². The molecule has 0 saturated heterocycles. The van der Waals surface area contributed by atoms with E-state index in [0.717, 1.165) is 12.4 Å². The maximum absolute atomic E-state index is 5.46. The van der Waals surface area contributed by atoms with Gasteiger partial charge < -0.3 is 10.6 Å². The fraction of sp³-hybridized carbons (Fsp3) is 0.429. The molecule has 0 spiro atoms. The van der Waals surface area contributed by atoms with Gasteiger partial charge in [-0.15, -0.1) is 0 Å². The molecule has 0 radical (unpaired) electrons. The minimum absolute atomic E-state index is 0.525. The Hall–Kier alpha value is -1.16. The average molecular weight is 152 g/mol. The van der Waals surface area contributed by atoms with Crippen LogP contribution in [0.4, 0.5) is 5.82 Å². The van der Waals surface area contributed by atoms with Crippen molar-refractivity contribution in [3.8, 4) is 0 Å². The maximum atomic E-state index is 5.46. The van der Waals surface area contributed by atoms with Crippen molar-refractivity contribution >= 4 is 5.82 Å². The van der Waals surface area contributed by atoms with E-state index in [4.69, 9.17) is 5.73 Å². The summed E-state index contributed by atoms with van der Waals surface area (Å²) in [5, 5.41) is 0. The molecule has 1 aromatic heterocycles. The van der Waals surface area contributed by atoms with Crippen LogP contribution in [0.2, 0.25) is 0 Å². The molecule has 0 saturated carbocycles. The predicted molar refractivity (Wildman–Crippen MR) is 43.8 cm³/mol. The molecule has 4 nitrogen and oxygen atoms in total. The molecule has 0 fully saturated rings. The molecule has 11 heavy (non-hydrogen) atoms. The molecule has 60 valence electrons. The van der Waals surface area contributed by atoms with Gasteiger partial charge in [-0.3, -0.25) is 0 Å². The Kier molecular flexibility index (Phi) is 2.38. The third kappa shape index (κ3) is 2.51. The van der Waals surface area contributed by atoms with Crippen LogP contribution < -0.4 is 5.73 Å². The highest BCUT2D eigenvalue weighted by atomic mass is 15.1. The van der Waals surface area contributed by atoms with Gasteiger partial charge in [0.25, 0.3) is 0 Å². The van der Waals surface area contributed by atoms with Crippen molar-refractivity contribution in [2.75, 3.05) is 19.8 Å². The minimum Gasteiger partial charge on any atom is -0.384 e. The van der Waals surface area contributed by atoms with Crippen molar-refractivity contribution in [2.45, 2.75) is 6.54 Å². The second kappa shape index (κ2) is 3.30. The number of hydrogen-bond donors (Lipinski definition) is 1. The monoisotopic (exact) mass is 152 g/mol. The molecule has 0 unspecified atom stereocenters. The molecular formula is C7H12N4. The first-order valence-electron chi connectivity index (χ1n) is 3.40. The van der Waals surface area contributed by atoms with Gasteiger partial charge in [0.1, 0.15) is 11.6 Å². The number of nitrogens with zero attached hydrogens (tertiary/aromatic N) is 3. The summed E-state index contributed by atoms with van der Waals surface area (Å²) in [5.74, 6) is 1.28. The number of nitrogens with two attached hydrogens (primary N) is 1. The second-order valence-corrected chi connectivity index (χ2v) is 2.64. The van der Waals surface area contributed by atoms with Crippen molar-refractivity contribution in [1.29, 1.82) is 0 Å². The van der Waals surface area contributed by atoms with E-state index in [2.05, 4.69) is 9.97 Å². The zero-order valence-electron chi connectivity index (χ0n) is 6.78. The number of aromatic nitrogens is 2. The molecular weight excluding hydrogens is 140 g/mol. The predicted octanol–water partition coefficient (Wildman–Crippen LogP) is 0.120. The summed E-state index contributed by atoms with van der Waals surface area (Å²) >= 11 is 0. The van der Waals surface area contributed by atoms with E-state index in [9.17, 15) is 0 Å². The number of anilines is 1. The van der Waals surface area contributed by atoms with Gasteiger partial charge in [0.05, 0.1) is 6.54 Å². The molecule has 1 aromatic rings. The van der Waals surface area contributed by atoms with Gasteiger partial charge in [0.2, 0.25) is 0 Å². The fourth-order valence-corrected chi connectivity index (χ4v) is 0.774. The SMILES string of the molecule is CN(C)Cc1nccc(N)n1. The van der Waals surface area contributed by atoms with Gasteiger partial charge in [-0.05, 0) is 20.2 Å². The standard InChI is InChI=1S/C7H12N4/c1-11(2)5-7-9-4-3-6(8)10-7/h3-4H,5H2,1-2H3,(H2,8,9,10). The number of rotatable bonds is 2. The summed E-state index contributed by atoms with van der Waals surface area (Å²) in [6.45, 7) is 0.727. The molecule has 0 aliphatic heterocycles. The van der Waals surface area contributed by atoms with E-state index in [1.165, 1.54) is 0 Å². The van der Waals surface area contributed by atoms with Crippen molar-refractivity contribution in [3.63, 3.8) is 0 Å². The first-order valence-corrected chi connectivity index (χ1v) is 3.40. The number of nitrogen functional groups attached to an aromatic ring is 1. The molecule has 1 rings (SSSR count). The third-order valence-electron chi connectivity index (χ3n) is 1.18. The van der Waals surface area contributed by atoms with Crippen LogP contribution in [-0.4, -0.2) is 29.0 Å². The Labute approximate surface area is 66.1 Å². The first-order chi connectivity index (χ1) is 5.18. The van der Waals surface area contributed by atoms with Gasteiger partial charge >= 0.3 is 0 Å². The lowest BCUT2D eigenvalue weighted by molar-refractivity contribution is 0.390. The van der Waals surface area contributed by atoms with Crippen molar-refractivity contribution in [2.24, 2.45) is 0 Å². The Morgan fingerprint density at radius 1 is 1.55 bits per heavy atom. The Balaban J connectivity index is 2.71. The summed E-state index contributed by atoms with van der Waals surface area (Å²) < 4.78 is 0. The zero-order chi connectivity index (χ0) is 8.27. The molecule has 2 N–H and O–H groups in total. The van der Waals surface area contributed by atoms with Crippen LogP contribution in [-0.2, 0) is 6.54 Å². The second-order valence-electron chi connectivity index (χ2n) is 2.64. The molecule has 1 heterocycles. The van der Waals surface area contributed by atoms with Crippen molar-refractivity contribution in [1.82, 2.24) is 14.9 Å². The Morgan fingerprint density at radius 3 is 2.82 bits per heavy atom. The molecule has 0 aliphatic rings. The largest absolute Gasteiger partial charge is 0.384 e. The quantitative estimate of drug-likeness (QED) is 0.654. The molecule has 0 aromatic carbocycles. The highest BCUT2D eigenvalue weighted by molar-refractivity contribution is 5.24. The van der Waals surface area contributed by atoms with Crippen LogP contribution in [0.25, 0.3) is 0 Å². The normalized spacial score (nSPS) is 10.5. The van der Waals surface area contributed by atoms with E-state index >= 15 is 0 Å². The maximum Gasteiger partial charge on any atom is 0.144 e. The van der Waals surface area contributed by atoms with Gasteiger partial charge in [0.15, 0.2) is 0 Å². The van der Waals surface area contributed by atoms with E-state index in [1.807, 2.05) is 19.0 Å². The summed E-state index contributed by atoms with van der Waals surface area (Å²) in [7, 11) is 3.93. The lowest BCUT2D eigenvalue weighted by Crippen LogP contribution is -2.13. The first kappa shape index (κ1) is 7.94. The van der Waals surface area contributed by atoms with Gasteiger partial charge in [0, 0.05) is 6.20 Å². The molecule has 0 atom stereocenters. The summed E-state index contributed by atoms with van der Waals surface area (Å²) in [6, 6.07) is 1.68. The van der Waals surface area contributed by atoms with Gasteiger partial charge in [-0.1, -0.05) is 0 Å². The summed E-state index contributed by atoms with van der Waals surface area (Å²) in [5.41, 5.74) is 5.46. The fourth-order valence-electron chi connectivity index (χ4n) is 0.774. The smallest absolute Gasteiger partial charge is 0.144 e. The van der Waals surface area contributed by atoms with E-state index in [0.29, 0.717) is 5.82 Å². The summed E-state index contributed by atoms with van der Waals surface area (Å²) in [6.07, 6.45) is 1.67. The highest BCUT2D eigenvalue weighted by Gasteiger charge is 1.97. The zero-order valence-corrected chi connectivity index (χ0v) is 6.78. The lowest BCUT2D eigenvalue weighted by atomic mass is 10.5. The molecule has 0 aliphatic carbocycles. The van der Waals surface area contributed by atoms with Crippen LogP contribution >= 0.6 is 0 Å². The lowest BCUT2D eigenvalue weighted by Gasteiger charge is -2.07. The average Bonchev–Trinajstić information content (AvgIpc) is 1.85.